The summed E-state index contributed by atoms with van der Waals surface area (Å²) in [5, 5.41) is 4.03. The molecule has 0 unspecified atom stereocenters. The number of hydrogen-bond acceptors (Lipinski definition) is 5. The van der Waals surface area contributed by atoms with Crippen molar-refractivity contribution in [1.82, 2.24) is 10.2 Å². The molecule has 0 fully saturated rings. The number of ether oxygens (including phenoxy) is 2. The Kier molecular flexibility index (Phi) is 6.21. The molecule has 1 aromatic heterocycles. The van der Waals surface area contributed by atoms with Crippen LogP contribution in [0.4, 0.5) is 0 Å². The fraction of sp³-hybridized carbons (Fsp3) is 0.318. The molecule has 0 aliphatic heterocycles. The molecule has 0 bridgehead atoms. The van der Waals surface area contributed by atoms with Crippen molar-refractivity contribution in [1.29, 1.82) is 0 Å². The first-order chi connectivity index (χ1) is 13.5. The van der Waals surface area contributed by atoms with Crippen molar-refractivity contribution in [2.75, 3.05) is 27.8 Å². The van der Waals surface area contributed by atoms with Crippen LogP contribution in [0.1, 0.15) is 24.3 Å². The Hall–Kier alpha value is -2.99. The van der Waals surface area contributed by atoms with Crippen LogP contribution in [-0.2, 0) is 11.3 Å². The zero-order chi connectivity index (χ0) is 20.1. The number of hydrogen-bond donors (Lipinski definition) is 1. The topological polar surface area (TPSA) is 63.9 Å². The van der Waals surface area contributed by atoms with Gasteiger partial charge in [0.05, 0.1) is 26.8 Å². The van der Waals surface area contributed by atoms with E-state index in [0.717, 1.165) is 22.3 Å². The Bertz CT molecular complexity index is 918. The summed E-state index contributed by atoms with van der Waals surface area (Å²) in [6.07, 6.45) is 0. The molecule has 0 spiro atoms. The number of benzene rings is 2. The van der Waals surface area contributed by atoms with Crippen LogP contribution < -0.4 is 14.8 Å². The number of rotatable bonds is 8. The highest BCUT2D eigenvalue weighted by Crippen LogP contribution is 2.28. The first-order valence-corrected chi connectivity index (χ1v) is 9.17. The van der Waals surface area contributed by atoms with Gasteiger partial charge in [0.15, 0.2) is 11.5 Å². The molecule has 148 valence electrons. The fourth-order valence-electron chi connectivity index (χ4n) is 3.17. The largest absolute Gasteiger partial charge is 0.493 e. The minimum Gasteiger partial charge on any atom is -0.493 e. The third-order valence-electron chi connectivity index (χ3n) is 4.56. The number of fused-ring (bicyclic) bond motifs is 1. The summed E-state index contributed by atoms with van der Waals surface area (Å²) >= 11 is 0. The van der Waals surface area contributed by atoms with E-state index >= 15 is 0 Å². The molecule has 1 atom stereocenters. The standard InChI is InChI=1S/C22H26N2O4/c1-15(20-12-17-7-5-6-8-18(17)28-20)23-22(25)14-24(2)13-16-9-10-19(26-3)21(11-16)27-4/h5-12,15H,13-14H2,1-4H3,(H,23,25)/t15-/m0/s1. The van der Waals surface area contributed by atoms with Crippen LogP contribution in [0, 0.1) is 0 Å². The van der Waals surface area contributed by atoms with Gasteiger partial charge in [-0.2, -0.15) is 0 Å². The summed E-state index contributed by atoms with van der Waals surface area (Å²) < 4.78 is 16.4. The van der Waals surface area contributed by atoms with Crippen LogP contribution in [0.2, 0.25) is 0 Å². The van der Waals surface area contributed by atoms with Gasteiger partial charge in [-0.1, -0.05) is 24.3 Å². The van der Waals surface area contributed by atoms with E-state index in [9.17, 15) is 4.79 Å². The van der Waals surface area contributed by atoms with Gasteiger partial charge in [0.25, 0.3) is 0 Å². The molecule has 2 aromatic carbocycles. The van der Waals surface area contributed by atoms with E-state index in [1.165, 1.54) is 0 Å². The van der Waals surface area contributed by atoms with E-state index in [4.69, 9.17) is 13.9 Å². The lowest BCUT2D eigenvalue weighted by atomic mass is 10.2. The summed E-state index contributed by atoms with van der Waals surface area (Å²) in [6, 6.07) is 15.3. The molecule has 28 heavy (non-hydrogen) atoms. The molecule has 0 radical (unpaired) electrons. The number of nitrogens with one attached hydrogen (secondary N) is 1. The molecule has 1 amide bonds. The van der Waals surface area contributed by atoms with Crippen molar-refractivity contribution in [2.45, 2.75) is 19.5 Å². The Labute approximate surface area is 165 Å². The van der Waals surface area contributed by atoms with Crippen LogP contribution in [0.5, 0.6) is 11.5 Å². The van der Waals surface area contributed by atoms with Gasteiger partial charge in [-0.25, -0.2) is 0 Å². The van der Waals surface area contributed by atoms with Gasteiger partial charge >= 0.3 is 0 Å². The number of carbonyl (C=O) groups excluding carboxylic acids is 1. The van der Waals surface area contributed by atoms with Crippen molar-refractivity contribution in [3.63, 3.8) is 0 Å². The van der Waals surface area contributed by atoms with E-state index in [0.29, 0.717) is 18.0 Å². The van der Waals surface area contributed by atoms with E-state index in [1.807, 2.05) is 67.4 Å². The molecule has 0 aliphatic carbocycles. The number of furan rings is 1. The Morgan fingerprint density at radius 2 is 1.86 bits per heavy atom. The number of amides is 1. The van der Waals surface area contributed by atoms with E-state index < -0.39 is 0 Å². The van der Waals surface area contributed by atoms with Crippen molar-refractivity contribution in [2.24, 2.45) is 0 Å². The minimum atomic E-state index is -0.200. The number of likely N-dealkylation sites (N-methyl/N-ethyl adjacent to an activating group) is 1. The van der Waals surface area contributed by atoms with Gasteiger partial charge in [-0.3, -0.25) is 9.69 Å². The van der Waals surface area contributed by atoms with Gasteiger partial charge in [0.1, 0.15) is 11.3 Å². The maximum absolute atomic E-state index is 12.4. The third-order valence-corrected chi connectivity index (χ3v) is 4.56. The van der Waals surface area contributed by atoms with Gasteiger partial charge in [0, 0.05) is 11.9 Å². The molecule has 0 saturated heterocycles. The molecule has 0 aliphatic rings. The Morgan fingerprint density at radius 3 is 2.57 bits per heavy atom. The smallest absolute Gasteiger partial charge is 0.234 e. The van der Waals surface area contributed by atoms with Crippen molar-refractivity contribution in [3.8, 4) is 11.5 Å². The van der Waals surface area contributed by atoms with Crippen LogP contribution in [-0.4, -0.2) is 38.6 Å². The SMILES string of the molecule is COc1ccc(CN(C)CC(=O)N[C@@H](C)c2cc3ccccc3o2)cc1OC. The third kappa shape index (κ3) is 4.64. The average Bonchev–Trinajstić information content (AvgIpc) is 3.12. The highest BCUT2D eigenvalue weighted by molar-refractivity contribution is 5.80. The van der Waals surface area contributed by atoms with Gasteiger partial charge in [-0.05, 0) is 43.8 Å². The first kappa shape index (κ1) is 19.8. The molecule has 6 heteroatoms. The van der Waals surface area contributed by atoms with Crippen LogP contribution in [0.25, 0.3) is 11.0 Å². The summed E-state index contributed by atoms with van der Waals surface area (Å²) in [6.45, 7) is 2.82. The Morgan fingerprint density at radius 1 is 1.11 bits per heavy atom. The molecule has 6 nitrogen and oxygen atoms in total. The summed E-state index contributed by atoms with van der Waals surface area (Å²) in [5.41, 5.74) is 1.86. The predicted octanol–water partition coefficient (Wildman–Crippen LogP) is 3.76. The van der Waals surface area contributed by atoms with Gasteiger partial charge in [-0.15, -0.1) is 0 Å². The van der Waals surface area contributed by atoms with E-state index in [-0.39, 0.29) is 18.5 Å². The summed E-state index contributed by atoms with van der Waals surface area (Å²) in [7, 11) is 5.12. The highest BCUT2D eigenvalue weighted by atomic mass is 16.5. The predicted molar refractivity (Wildman–Crippen MR) is 109 cm³/mol. The van der Waals surface area contributed by atoms with Gasteiger partial charge < -0.3 is 19.2 Å². The van der Waals surface area contributed by atoms with E-state index in [2.05, 4.69) is 5.32 Å². The molecule has 3 rings (SSSR count). The molecule has 1 N–H and O–H groups in total. The minimum absolute atomic E-state index is 0.0593. The number of nitrogens with zero attached hydrogens (tertiary/aromatic N) is 1. The second-order valence-electron chi connectivity index (χ2n) is 6.84. The van der Waals surface area contributed by atoms with Gasteiger partial charge in [0.2, 0.25) is 5.91 Å². The lowest BCUT2D eigenvalue weighted by Gasteiger charge is -2.19. The molecular weight excluding hydrogens is 356 g/mol. The first-order valence-electron chi connectivity index (χ1n) is 9.17. The number of para-hydroxylation sites is 1. The Balaban J connectivity index is 1.56. The quantitative estimate of drug-likeness (QED) is 0.643. The summed E-state index contributed by atoms with van der Waals surface area (Å²) in [5.74, 6) is 2.05. The lowest BCUT2D eigenvalue weighted by molar-refractivity contribution is -0.122. The molecule has 3 aromatic rings. The van der Waals surface area contributed by atoms with Crippen LogP contribution >= 0.6 is 0 Å². The highest BCUT2D eigenvalue weighted by Gasteiger charge is 2.16. The fourth-order valence-corrected chi connectivity index (χ4v) is 3.17. The molecule has 0 saturated carbocycles. The number of methoxy groups -OCH3 is 2. The normalized spacial score (nSPS) is 12.2. The van der Waals surface area contributed by atoms with Crippen LogP contribution in [0.3, 0.4) is 0 Å². The van der Waals surface area contributed by atoms with Crippen molar-refractivity contribution >= 4 is 16.9 Å². The van der Waals surface area contributed by atoms with E-state index in [1.54, 1.807) is 14.2 Å². The summed E-state index contributed by atoms with van der Waals surface area (Å²) in [4.78, 5) is 14.4. The zero-order valence-corrected chi connectivity index (χ0v) is 16.7. The maximum Gasteiger partial charge on any atom is 0.234 e. The molecular formula is C22H26N2O4. The average molecular weight is 382 g/mol. The second kappa shape index (κ2) is 8.80. The zero-order valence-electron chi connectivity index (χ0n) is 16.7. The molecule has 1 heterocycles. The van der Waals surface area contributed by atoms with Crippen molar-refractivity contribution in [3.05, 3.63) is 59.9 Å². The van der Waals surface area contributed by atoms with Crippen LogP contribution in [0.15, 0.2) is 52.9 Å². The maximum atomic E-state index is 12.4. The monoisotopic (exact) mass is 382 g/mol. The second-order valence-corrected chi connectivity index (χ2v) is 6.84. The number of carbonyl (C=O) groups is 1. The van der Waals surface area contributed by atoms with Crippen molar-refractivity contribution < 1.29 is 18.7 Å². The lowest BCUT2D eigenvalue weighted by Crippen LogP contribution is -2.36.